The second-order valence-corrected chi connectivity index (χ2v) is 8.63. The molecule has 168 valence electrons. The quantitative estimate of drug-likeness (QED) is 0.615. The first-order valence-corrected chi connectivity index (χ1v) is 10.9. The van der Waals surface area contributed by atoms with Gasteiger partial charge in [-0.1, -0.05) is 13.8 Å². The first-order chi connectivity index (χ1) is 15.4. The summed E-state index contributed by atoms with van der Waals surface area (Å²) in [5.74, 6) is 0.854. The normalized spacial score (nSPS) is 15.6. The molecule has 1 N–H and O–H groups in total. The van der Waals surface area contributed by atoms with E-state index in [1.165, 1.54) is 0 Å². The van der Waals surface area contributed by atoms with Crippen molar-refractivity contribution in [1.29, 1.82) is 0 Å². The zero-order valence-electron chi connectivity index (χ0n) is 19.3. The Morgan fingerprint density at radius 3 is 2.78 bits per heavy atom. The first kappa shape index (κ1) is 21.8. The number of nitrogens with one attached hydrogen (secondary N) is 1. The Balaban J connectivity index is 1.46. The van der Waals surface area contributed by atoms with Crippen LogP contribution in [-0.2, 0) is 24.2 Å². The molecule has 3 aromatic heterocycles. The Morgan fingerprint density at radius 2 is 2.03 bits per heavy atom. The number of likely N-dealkylation sites (N-methyl/N-ethyl adjacent to an activating group) is 1. The van der Waals surface area contributed by atoms with Crippen LogP contribution >= 0.6 is 0 Å². The molecule has 0 saturated carbocycles. The summed E-state index contributed by atoms with van der Waals surface area (Å²) in [6.07, 6.45) is 7.36. The van der Waals surface area contributed by atoms with Crippen molar-refractivity contribution in [2.45, 2.75) is 46.2 Å². The van der Waals surface area contributed by atoms with E-state index < -0.39 is 0 Å². The van der Waals surface area contributed by atoms with E-state index in [0.29, 0.717) is 12.4 Å². The molecule has 4 heterocycles. The minimum Gasteiger partial charge on any atom is -0.481 e. The van der Waals surface area contributed by atoms with Gasteiger partial charge in [-0.25, -0.2) is 4.98 Å². The van der Waals surface area contributed by atoms with Gasteiger partial charge in [-0.15, -0.1) is 0 Å². The number of anilines is 2. The van der Waals surface area contributed by atoms with Crippen molar-refractivity contribution in [1.82, 2.24) is 19.7 Å². The van der Waals surface area contributed by atoms with Gasteiger partial charge in [-0.3, -0.25) is 14.5 Å². The van der Waals surface area contributed by atoms with E-state index >= 15 is 0 Å². The van der Waals surface area contributed by atoms with E-state index in [9.17, 15) is 4.79 Å². The third-order valence-electron chi connectivity index (χ3n) is 5.89. The first-order valence-electron chi connectivity index (χ1n) is 10.9. The molecule has 0 aromatic carbocycles. The lowest BCUT2D eigenvalue weighted by Gasteiger charge is -2.38. The van der Waals surface area contributed by atoms with Gasteiger partial charge in [0, 0.05) is 31.2 Å². The standard InChI is InChI=1S/C24H30N6O2/c1-15(2)23-24(31)28-22-16(3)27-19(11-20(22)29(23)4)7-6-18-12-26-30(14-18)13-17-8-9-25-21(10-17)32-5/h8-12,14-15,23H,6-7,13H2,1-5H3,(H,28,31)/t23-/m0/s1. The Bertz CT molecular complexity index is 1120. The number of methoxy groups -OCH3 is 1. The van der Waals surface area contributed by atoms with Crippen molar-refractivity contribution in [2.24, 2.45) is 5.92 Å². The van der Waals surface area contributed by atoms with Crippen molar-refractivity contribution < 1.29 is 9.53 Å². The van der Waals surface area contributed by atoms with E-state index in [-0.39, 0.29) is 17.9 Å². The summed E-state index contributed by atoms with van der Waals surface area (Å²) >= 11 is 0. The van der Waals surface area contributed by atoms with E-state index in [0.717, 1.165) is 46.7 Å². The molecule has 8 heteroatoms. The van der Waals surface area contributed by atoms with Crippen molar-refractivity contribution in [2.75, 3.05) is 24.4 Å². The third-order valence-corrected chi connectivity index (χ3v) is 5.89. The zero-order chi connectivity index (χ0) is 22.8. The van der Waals surface area contributed by atoms with Gasteiger partial charge in [-0.05, 0) is 48.9 Å². The molecule has 4 rings (SSSR count). The molecule has 0 saturated heterocycles. The molecule has 0 aliphatic carbocycles. The maximum Gasteiger partial charge on any atom is 0.247 e. The van der Waals surface area contributed by atoms with Crippen LogP contribution in [0.2, 0.25) is 0 Å². The number of fused-ring (bicyclic) bond motifs is 1. The topological polar surface area (TPSA) is 85.2 Å². The maximum absolute atomic E-state index is 12.5. The van der Waals surface area contributed by atoms with Crippen LogP contribution in [0.3, 0.4) is 0 Å². The van der Waals surface area contributed by atoms with Crippen LogP contribution in [0.15, 0.2) is 36.8 Å². The van der Waals surface area contributed by atoms with E-state index in [2.05, 4.69) is 46.4 Å². The van der Waals surface area contributed by atoms with Crippen LogP contribution in [0.5, 0.6) is 5.88 Å². The SMILES string of the molecule is COc1cc(Cn2cc(CCc3cc4c(c(C)n3)NC(=O)[C@H](C(C)C)N4C)cn2)ccn1. The summed E-state index contributed by atoms with van der Waals surface area (Å²) in [5.41, 5.74) is 5.96. The second-order valence-electron chi connectivity index (χ2n) is 8.63. The number of rotatable bonds is 7. The average molecular weight is 435 g/mol. The molecular formula is C24H30N6O2. The van der Waals surface area contributed by atoms with Crippen LogP contribution in [-0.4, -0.2) is 45.9 Å². The molecule has 1 atom stereocenters. The van der Waals surface area contributed by atoms with Gasteiger partial charge >= 0.3 is 0 Å². The van der Waals surface area contributed by atoms with E-state index in [4.69, 9.17) is 9.72 Å². The van der Waals surface area contributed by atoms with Gasteiger partial charge in [0.05, 0.1) is 36.9 Å². The van der Waals surface area contributed by atoms with Crippen molar-refractivity contribution in [3.63, 3.8) is 0 Å². The molecule has 3 aromatic rings. The van der Waals surface area contributed by atoms with Gasteiger partial charge in [0.15, 0.2) is 0 Å². The predicted octanol–water partition coefficient (Wildman–Crippen LogP) is 3.24. The highest BCUT2D eigenvalue weighted by atomic mass is 16.5. The number of ether oxygens (including phenoxy) is 1. The largest absolute Gasteiger partial charge is 0.481 e. The number of amides is 1. The molecular weight excluding hydrogens is 404 g/mol. The van der Waals surface area contributed by atoms with Crippen LogP contribution in [0, 0.1) is 12.8 Å². The van der Waals surface area contributed by atoms with E-state index in [1.54, 1.807) is 13.3 Å². The lowest BCUT2D eigenvalue weighted by atomic mass is 9.97. The van der Waals surface area contributed by atoms with Gasteiger partial charge in [-0.2, -0.15) is 5.10 Å². The van der Waals surface area contributed by atoms with E-state index in [1.807, 2.05) is 37.0 Å². The smallest absolute Gasteiger partial charge is 0.247 e. The molecule has 8 nitrogen and oxygen atoms in total. The Hall–Kier alpha value is -3.42. The van der Waals surface area contributed by atoms with Crippen LogP contribution < -0.4 is 15.0 Å². The molecule has 0 fully saturated rings. The highest BCUT2D eigenvalue weighted by Gasteiger charge is 2.34. The summed E-state index contributed by atoms with van der Waals surface area (Å²) in [6.45, 7) is 6.75. The Kier molecular flexibility index (Phi) is 6.12. The lowest BCUT2D eigenvalue weighted by Crippen LogP contribution is -2.49. The van der Waals surface area contributed by atoms with Crippen LogP contribution in [0.25, 0.3) is 0 Å². The molecule has 32 heavy (non-hydrogen) atoms. The minimum atomic E-state index is -0.179. The highest BCUT2D eigenvalue weighted by Crippen LogP contribution is 2.35. The number of hydrogen-bond donors (Lipinski definition) is 1. The summed E-state index contributed by atoms with van der Waals surface area (Å²) in [6, 6.07) is 5.80. The number of aryl methyl sites for hydroxylation is 3. The summed E-state index contributed by atoms with van der Waals surface area (Å²) in [5, 5.41) is 7.55. The van der Waals surface area contributed by atoms with Crippen molar-refractivity contribution in [3.05, 3.63) is 59.3 Å². The summed E-state index contributed by atoms with van der Waals surface area (Å²) in [4.78, 5) is 23.5. The van der Waals surface area contributed by atoms with Gasteiger partial charge in [0.25, 0.3) is 0 Å². The van der Waals surface area contributed by atoms with Gasteiger partial charge < -0.3 is 15.0 Å². The maximum atomic E-state index is 12.5. The molecule has 0 bridgehead atoms. The summed E-state index contributed by atoms with van der Waals surface area (Å²) < 4.78 is 7.12. The van der Waals surface area contributed by atoms with Gasteiger partial charge in [0.1, 0.15) is 6.04 Å². The number of pyridine rings is 2. The van der Waals surface area contributed by atoms with Gasteiger partial charge in [0.2, 0.25) is 11.8 Å². The number of carbonyl (C=O) groups excluding carboxylic acids is 1. The monoisotopic (exact) mass is 434 g/mol. The number of nitrogens with zero attached hydrogens (tertiary/aromatic N) is 5. The molecule has 0 spiro atoms. The average Bonchev–Trinajstić information content (AvgIpc) is 3.20. The van der Waals surface area contributed by atoms with Crippen LogP contribution in [0.1, 0.15) is 36.4 Å². The molecule has 1 amide bonds. The Morgan fingerprint density at radius 1 is 1.22 bits per heavy atom. The number of hydrogen-bond acceptors (Lipinski definition) is 6. The molecule has 1 aliphatic rings. The molecule has 1 aliphatic heterocycles. The third kappa shape index (κ3) is 4.44. The zero-order valence-corrected chi connectivity index (χ0v) is 19.3. The fraction of sp³-hybridized carbons (Fsp3) is 0.417. The Labute approximate surface area is 188 Å². The second kappa shape index (κ2) is 8.98. The highest BCUT2D eigenvalue weighted by molar-refractivity contribution is 6.04. The van der Waals surface area contributed by atoms with Crippen molar-refractivity contribution >= 4 is 17.3 Å². The molecule has 0 radical (unpaired) electrons. The number of carbonyl (C=O) groups is 1. The predicted molar refractivity (Wildman–Crippen MR) is 124 cm³/mol. The molecule has 0 unspecified atom stereocenters. The fourth-order valence-corrected chi connectivity index (χ4v) is 4.29. The lowest BCUT2D eigenvalue weighted by molar-refractivity contribution is -0.118. The minimum absolute atomic E-state index is 0.0341. The van der Waals surface area contributed by atoms with Crippen molar-refractivity contribution in [3.8, 4) is 5.88 Å². The van der Waals surface area contributed by atoms with Crippen LogP contribution in [0.4, 0.5) is 11.4 Å². The fourth-order valence-electron chi connectivity index (χ4n) is 4.29. The summed E-state index contributed by atoms with van der Waals surface area (Å²) in [7, 11) is 3.60. The number of aromatic nitrogens is 4.